The molecule has 0 bridgehead atoms. The highest BCUT2D eigenvalue weighted by Crippen LogP contribution is 2.40. The van der Waals surface area contributed by atoms with Crippen LogP contribution in [0.5, 0.6) is 11.5 Å². The molecule has 0 radical (unpaired) electrons. The first kappa shape index (κ1) is 26.5. The smallest absolute Gasteiger partial charge is 0.489 e. The summed E-state index contributed by atoms with van der Waals surface area (Å²) in [6.07, 6.45) is -3.26. The molecule has 0 fully saturated rings. The fourth-order valence-corrected chi connectivity index (χ4v) is 4.16. The van der Waals surface area contributed by atoms with Crippen molar-refractivity contribution in [1.29, 1.82) is 0 Å². The van der Waals surface area contributed by atoms with E-state index in [1.807, 2.05) is 30.3 Å². The van der Waals surface area contributed by atoms with Gasteiger partial charge in [0.25, 0.3) is 5.91 Å². The molecule has 1 aliphatic heterocycles. The number of nitrogens with zero attached hydrogens (tertiary/aromatic N) is 2. The molecule has 40 heavy (non-hydrogen) atoms. The van der Waals surface area contributed by atoms with Crippen LogP contribution in [0.3, 0.4) is 0 Å². The maximum Gasteiger partial charge on any atom is 0.573 e. The number of aromatic nitrogens is 1. The molecule has 0 spiro atoms. The summed E-state index contributed by atoms with van der Waals surface area (Å²) in [7, 11) is 0. The summed E-state index contributed by atoms with van der Waals surface area (Å²) >= 11 is 0. The second-order valence-corrected chi connectivity index (χ2v) is 8.62. The highest BCUT2D eigenvalue weighted by molar-refractivity contribution is 6.08. The molecule has 4 aromatic rings. The Balaban J connectivity index is 1.36. The lowest BCUT2D eigenvalue weighted by Gasteiger charge is -2.32. The summed E-state index contributed by atoms with van der Waals surface area (Å²) in [5.41, 5.74) is 2.07. The van der Waals surface area contributed by atoms with E-state index in [4.69, 9.17) is 9.47 Å². The Bertz CT molecular complexity index is 1510. The first-order valence-electron chi connectivity index (χ1n) is 12.1. The van der Waals surface area contributed by atoms with Crippen molar-refractivity contribution in [3.05, 3.63) is 108 Å². The predicted molar refractivity (Wildman–Crippen MR) is 140 cm³/mol. The number of nitrogens with one attached hydrogen (secondary N) is 1. The number of hydrogen-bond donors (Lipinski definition) is 1. The van der Waals surface area contributed by atoms with Gasteiger partial charge in [0.05, 0.1) is 17.8 Å². The average Bonchev–Trinajstić information content (AvgIpc) is 2.96. The van der Waals surface area contributed by atoms with E-state index in [1.165, 1.54) is 12.1 Å². The molecule has 0 aliphatic carbocycles. The number of rotatable bonds is 7. The van der Waals surface area contributed by atoms with Crippen LogP contribution >= 0.6 is 0 Å². The highest BCUT2D eigenvalue weighted by atomic mass is 19.4. The SMILES string of the molecule is O=C(OCc1ccccc1)c1cccnc1N1CCOc2c(C(=O)Nc3ccc(OC(F)(F)F)cc3)cccc21. The van der Waals surface area contributed by atoms with E-state index in [0.29, 0.717) is 18.1 Å². The molecule has 1 N–H and O–H groups in total. The van der Waals surface area contributed by atoms with E-state index in [-0.39, 0.29) is 35.8 Å². The molecule has 0 saturated heterocycles. The monoisotopic (exact) mass is 549 g/mol. The van der Waals surface area contributed by atoms with Gasteiger partial charge in [-0.1, -0.05) is 36.4 Å². The van der Waals surface area contributed by atoms with Crippen molar-refractivity contribution in [3.8, 4) is 11.5 Å². The van der Waals surface area contributed by atoms with Crippen molar-refractivity contribution in [3.63, 3.8) is 0 Å². The summed E-state index contributed by atoms with van der Waals surface area (Å²) in [5.74, 6) is -0.867. The summed E-state index contributed by atoms with van der Waals surface area (Å²) in [5, 5.41) is 2.65. The largest absolute Gasteiger partial charge is 0.573 e. The molecular weight excluding hydrogens is 527 g/mol. The Morgan fingerprint density at radius 1 is 0.925 bits per heavy atom. The lowest BCUT2D eigenvalue weighted by molar-refractivity contribution is -0.274. The first-order chi connectivity index (χ1) is 19.3. The first-order valence-corrected chi connectivity index (χ1v) is 12.1. The van der Waals surface area contributed by atoms with Gasteiger partial charge in [0.15, 0.2) is 5.75 Å². The molecule has 11 heteroatoms. The number of carbonyl (C=O) groups excluding carboxylic acids is 2. The van der Waals surface area contributed by atoms with Gasteiger partial charge in [-0.3, -0.25) is 4.79 Å². The lowest BCUT2D eigenvalue weighted by atomic mass is 10.1. The van der Waals surface area contributed by atoms with Crippen LogP contribution in [0.25, 0.3) is 0 Å². The van der Waals surface area contributed by atoms with E-state index in [9.17, 15) is 22.8 Å². The van der Waals surface area contributed by atoms with Gasteiger partial charge in [-0.25, -0.2) is 9.78 Å². The molecular formula is C29H22F3N3O5. The van der Waals surface area contributed by atoms with Crippen LogP contribution < -0.4 is 19.7 Å². The molecule has 3 aromatic carbocycles. The number of para-hydroxylation sites is 1. The van der Waals surface area contributed by atoms with E-state index in [1.54, 1.807) is 41.4 Å². The number of halogens is 3. The number of esters is 1. The zero-order valence-corrected chi connectivity index (χ0v) is 20.9. The van der Waals surface area contributed by atoms with Gasteiger partial charge >= 0.3 is 12.3 Å². The Labute approximate surface area is 226 Å². The van der Waals surface area contributed by atoms with Crippen molar-refractivity contribution in [2.75, 3.05) is 23.4 Å². The van der Waals surface area contributed by atoms with E-state index >= 15 is 0 Å². The zero-order chi connectivity index (χ0) is 28.1. The molecule has 1 amide bonds. The third-order valence-electron chi connectivity index (χ3n) is 5.91. The second kappa shape index (κ2) is 11.4. The van der Waals surface area contributed by atoms with Crippen LogP contribution in [0.15, 0.2) is 91.1 Å². The standard InChI is InChI=1S/C29H22F3N3O5/c30-29(31,32)40-21-13-11-20(12-14-21)34-27(36)22-8-4-10-24-25(22)38-17-16-35(24)26-23(9-5-15-33-26)28(37)39-18-19-6-2-1-3-7-19/h1-15H,16-18H2,(H,34,36). The fraction of sp³-hybridized carbons (Fsp3) is 0.138. The maximum absolute atomic E-state index is 13.1. The molecule has 0 unspecified atom stereocenters. The topological polar surface area (TPSA) is 90.0 Å². The normalized spacial score (nSPS) is 12.6. The Hall–Kier alpha value is -5.06. The summed E-state index contributed by atoms with van der Waals surface area (Å²) in [4.78, 5) is 32.4. The maximum atomic E-state index is 13.1. The summed E-state index contributed by atoms with van der Waals surface area (Å²) < 4.78 is 52.5. The van der Waals surface area contributed by atoms with Crippen molar-refractivity contribution >= 4 is 29.1 Å². The van der Waals surface area contributed by atoms with Crippen LogP contribution in [0.1, 0.15) is 26.3 Å². The fourth-order valence-electron chi connectivity index (χ4n) is 4.16. The Morgan fingerprint density at radius 3 is 2.42 bits per heavy atom. The quantitative estimate of drug-likeness (QED) is 0.278. The molecule has 2 heterocycles. The Kier molecular flexibility index (Phi) is 7.54. The van der Waals surface area contributed by atoms with Crippen molar-refractivity contribution in [1.82, 2.24) is 4.98 Å². The molecule has 204 valence electrons. The van der Waals surface area contributed by atoms with E-state index < -0.39 is 24.0 Å². The minimum absolute atomic E-state index is 0.0985. The summed E-state index contributed by atoms with van der Waals surface area (Å²) in [6.45, 7) is 0.659. The minimum Gasteiger partial charge on any atom is -0.489 e. The predicted octanol–water partition coefficient (Wildman–Crippen LogP) is 6.12. The van der Waals surface area contributed by atoms with Gasteiger partial charge in [0.1, 0.15) is 30.3 Å². The summed E-state index contributed by atoms with van der Waals surface area (Å²) in [6, 6.07) is 22.3. The molecule has 8 nitrogen and oxygen atoms in total. The van der Waals surface area contributed by atoms with Gasteiger partial charge in [-0.15, -0.1) is 13.2 Å². The van der Waals surface area contributed by atoms with E-state index in [2.05, 4.69) is 15.0 Å². The number of benzene rings is 3. The zero-order valence-electron chi connectivity index (χ0n) is 20.9. The van der Waals surface area contributed by atoms with E-state index in [0.717, 1.165) is 17.7 Å². The number of alkyl halides is 3. The number of fused-ring (bicyclic) bond motifs is 1. The highest BCUT2D eigenvalue weighted by Gasteiger charge is 2.31. The Morgan fingerprint density at radius 2 is 1.68 bits per heavy atom. The number of carbonyl (C=O) groups is 2. The van der Waals surface area contributed by atoms with Crippen molar-refractivity contribution in [2.24, 2.45) is 0 Å². The number of anilines is 3. The van der Waals surface area contributed by atoms with Gasteiger partial charge in [-0.05, 0) is 54.1 Å². The van der Waals surface area contributed by atoms with Crippen LogP contribution in [-0.2, 0) is 11.3 Å². The lowest BCUT2D eigenvalue weighted by Crippen LogP contribution is -2.32. The van der Waals surface area contributed by atoms with Gasteiger partial charge < -0.3 is 24.4 Å². The average molecular weight is 550 g/mol. The van der Waals surface area contributed by atoms with Crippen LogP contribution in [0, 0.1) is 0 Å². The van der Waals surface area contributed by atoms with Crippen LogP contribution in [-0.4, -0.2) is 36.4 Å². The molecule has 0 saturated carbocycles. The second-order valence-electron chi connectivity index (χ2n) is 8.62. The molecule has 1 aromatic heterocycles. The van der Waals surface area contributed by atoms with Gasteiger partial charge in [0, 0.05) is 11.9 Å². The van der Waals surface area contributed by atoms with Crippen LogP contribution in [0.4, 0.5) is 30.4 Å². The number of pyridine rings is 1. The third-order valence-corrected chi connectivity index (χ3v) is 5.91. The number of ether oxygens (including phenoxy) is 3. The third kappa shape index (κ3) is 6.15. The minimum atomic E-state index is -4.82. The molecule has 1 aliphatic rings. The number of amides is 1. The van der Waals surface area contributed by atoms with Crippen LogP contribution in [0.2, 0.25) is 0 Å². The molecule has 5 rings (SSSR count). The van der Waals surface area contributed by atoms with Gasteiger partial charge in [-0.2, -0.15) is 0 Å². The van der Waals surface area contributed by atoms with Crippen molar-refractivity contribution in [2.45, 2.75) is 13.0 Å². The van der Waals surface area contributed by atoms with Gasteiger partial charge in [0.2, 0.25) is 0 Å². The van der Waals surface area contributed by atoms with Crippen molar-refractivity contribution < 1.29 is 37.0 Å². The number of hydrogen-bond acceptors (Lipinski definition) is 7. The molecule has 0 atom stereocenters.